The topological polar surface area (TPSA) is 72.6 Å². The van der Waals surface area contributed by atoms with E-state index in [1.165, 1.54) is 16.4 Å². The Labute approximate surface area is 118 Å². The summed E-state index contributed by atoms with van der Waals surface area (Å²) in [5.74, 6) is -0.756. The predicted molar refractivity (Wildman–Crippen MR) is 73.1 cm³/mol. The zero-order valence-electron chi connectivity index (χ0n) is 11.5. The highest BCUT2D eigenvalue weighted by atomic mass is 32.2. The van der Waals surface area contributed by atoms with E-state index in [4.69, 9.17) is 10.5 Å². The van der Waals surface area contributed by atoms with Crippen LogP contribution in [-0.2, 0) is 21.3 Å². The Morgan fingerprint density at radius 2 is 1.95 bits per heavy atom. The molecular weight excluding hydrogens is 283 g/mol. The van der Waals surface area contributed by atoms with Crippen molar-refractivity contribution in [3.63, 3.8) is 0 Å². The minimum atomic E-state index is -3.87. The second-order valence-corrected chi connectivity index (χ2v) is 6.95. The van der Waals surface area contributed by atoms with Crippen LogP contribution in [-0.4, -0.2) is 38.0 Å². The van der Waals surface area contributed by atoms with Crippen molar-refractivity contribution < 1.29 is 17.5 Å². The van der Waals surface area contributed by atoms with Gasteiger partial charge in [-0.2, -0.15) is 4.31 Å². The molecule has 112 valence electrons. The number of benzene rings is 1. The van der Waals surface area contributed by atoms with Crippen LogP contribution in [0.15, 0.2) is 23.1 Å². The van der Waals surface area contributed by atoms with E-state index in [1.54, 1.807) is 13.8 Å². The lowest BCUT2D eigenvalue weighted by atomic mass is 10.2. The quantitative estimate of drug-likeness (QED) is 0.907. The molecule has 0 bridgehead atoms. The fraction of sp³-hybridized carbons (Fsp3) is 0.538. The Morgan fingerprint density at radius 1 is 1.35 bits per heavy atom. The van der Waals surface area contributed by atoms with Gasteiger partial charge in [0.15, 0.2) is 0 Å². The van der Waals surface area contributed by atoms with Gasteiger partial charge >= 0.3 is 0 Å². The zero-order chi connectivity index (χ0) is 14.9. The molecule has 5 nitrogen and oxygen atoms in total. The van der Waals surface area contributed by atoms with Crippen molar-refractivity contribution in [2.24, 2.45) is 5.73 Å². The molecule has 0 spiro atoms. The number of nitrogens with zero attached hydrogens (tertiary/aromatic N) is 1. The maximum atomic E-state index is 13.9. The minimum absolute atomic E-state index is 0.165. The smallest absolute Gasteiger partial charge is 0.246 e. The number of sulfonamides is 1. The van der Waals surface area contributed by atoms with E-state index in [0.717, 1.165) is 6.07 Å². The van der Waals surface area contributed by atoms with Gasteiger partial charge in [0.05, 0.1) is 12.2 Å². The van der Waals surface area contributed by atoms with Gasteiger partial charge in [0.2, 0.25) is 10.0 Å². The molecule has 20 heavy (non-hydrogen) atoms. The first kappa shape index (κ1) is 15.4. The zero-order valence-corrected chi connectivity index (χ0v) is 12.4. The molecule has 0 aromatic heterocycles. The molecule has 0 radical (unpaired) electrons. The van der Waals surface area contributed by atoms with Gasteiger partial charge in [0, 0.05) is 19.6 Å². The summed E-state index contributed by atoms with van der Waals surface area (Å²) in [6.07, 6.45) is -0.427. The molecule has 7 heteroatoms. The summed E-state index contributed by atoms with van der Waals surface area (Å²) in [5, 5.41) is 0. The van der Waals surface area contributed by atoms with Gasteiger partial charge in [0.25, 0.3) is 0 Å². The van der Waals surface area contributed by atoms with Crippen LogP contribution in [0.25, 0.3) is 0 Å². The number of nitrogens with two attached hydrogens (primary N) is 1. The Balaban J connectivity index is 2.39. The van der Waals surface area contributed by atoms with Gasteiger partial charge in [-0.15, -0.1) is 0 Å². The third kappa shape index (κ3) is 3.01. The highest BCUT2D eigenvalue weighted by Crippen LogP contribution is 2.24. The maximum absolute atomic E-state index is 13.9. The molecule has 2 rings (SSSR count). The number of rotatable bonds is 3. The van der Waals surface area contributed by atoms with E-state index in [0.29, 0.717) is 5.56 Å². The lowest BCUT2D eigenvalue weighted by molar-refractivity contribution is -0.0441. The summed E-state index contributed by atoms with van der Waals surface area (Å²) in [6.45, 7) is 4.20. The van der Waals surface area contributed by atoms with Crippen molar-refractivity contribution in [1.29, 1.82) is 0 Å². The molecule has 1 aliphatic rings. The maximum Gasteiger partial charge on any atom is 0.246 e. The average molecular weight is 302 g/mol. The van der Waals surface area contributed by atoms with Crippen molar-refractivity contribution in [2.75, 3.05) is 13.1 Å². The standard InChI is InChI=1S/C13H19FN2O3S/c1-9-7-16(8-10(2)19-9)20(17,18)13-5-11(6-15)3-4-12(13)14/h3-5,9-10H,6-8,15H2,1-2H3. The molecule has 0 aliphatic carbocycles. The Morgan fingerprint density at radius 3 is 2.50 bits per heavy atom. The predicted octanol–water partition coefficient (Wildman–Crippen LogP) is 1.08. The van der Waals surface area contributed by atoms with Crippen molar-refractivity contribution in [1.82, 2.24) is 4.31 Å². The van der Waals surface area contributed by atoms with Gasteiger partial charge in [0.1, 0.15) is 10.7 Å². The Kier molecular flexibility index (Phi) is 4.43. The molecule has 1 aromatic rings. The number of halogens is 1. The lowest BCUT2D eigenvalue weighted by Crippen LogP contribution is -2.48. The van der Waals surface area contributed by atoms with Gasteiger partial charge < -0.3 is 10.5 Å². The van der Waals surface area contributed by atoms with Crippen LogP contribution in [0, 0.1) is 5.82 Å². The number of ether oxygens (including phenoxy) is 1. The molecule has 0 amide bonds. The first-order valence-corrected chi connectivity index (χ1v) is 7.92. The first-order chi connectivity index (χ1) is 9.34. The molecule has 2 unspecified atom stereocenters. The summed E-state index contributed by atoms with van der Waals surface area (Å²) in [4.78, 5) is -0.318. The molecule has 2 N–H and O–H groups in total. The van der Waals surface area contributed by atoms with Gasteiger partial charge in [-0.1, -0.05) is 6.07 Å². The number of hydrogen-bond acceptors (Lipinski definition) is 4. The normalized spacial score (nSPS) is 24.8. The second kappa shape index (κ2) is 5.77. The molecule has 1 saturated heterocycles. The Hall–Kier alpha value is -1.02. The molecular formula is C13H19FN2O3S. The third-order valence-electron chi connectivity index (χ3n) is 3.24. The molecule has 1 aromatic carbocycles. The van der Waals surface area contributed by atoms with E-state index in [-0.39, 0.29) is 36.7 Å². The van der Waals surface area contributed by atoms with Crippen LogP contribution in [0.5, 0.6) is 0 Å². The summed E-state index contributed by atoms with van der Waals surface area (Å²) < 4.78 is 45.8. The molecule has 1 heterocycles. The van der Waals surface area contributed by atoms with E-state index >= 15 is 0 Å². The van der Waals surface area contributed by atoms with Crippen LogP contribution in [0.2, 0.25) is 0 Å². The largest absolute Gasteiger partial charge is 0.373 e. The molecule has 2 atom stereocenters. The fourth-order valence-corrected chi connectivity index (χ4v) is 4.04. The summed E-state index contributed by atoms with van der Waals surface area (Å²) >= 11 is 0. The van der Waals surface area contributed by atoms with Crippen molar-refractivity contribution in [3.05, 3.63) is 29.6 Å². The van der Waals surface area contributed by atoms with E-state index in [9.17, 15) is 12.8 Å². The Bertz CT molecular complexity index is 581. The highest BCUT2D eigenvalue weighted by molar-refractivity contribution is 7.89. The molecule has 0 saturated carbocycles. The number of hydrogen-bond donors (Lipinski definition) is 1. The second-order valence-electron chi connectivity index (χ2n) is 5.05. The van der Waals surface area contributed by atoms with Crippen LogP contribution in [0.4, 0.5) is 4.39 Å². The monoisotopic (exact) mass is 302 g/mol. The van der Waals surface area contributed by atoms with Crippen molar-refractivity contribution in [3.8, 4) is 0 Å². The summed E-state index contributed by atoms with van der Waals surface area (Å²) in [5.41, 5.74) is 6.07. The van der Waals surface area contributed by atoms with Crippen molar-refractivity contribution >= 4 is 10.0 Å². The van der Waals surface area contributed by atoms with Crippen LogP contribution < -0.4 is 5.73 Å². The van der Waals surface area contributed by atoms with Gasteiger partial charge in [-0.3, -0.25) is 0 Å². The fourth-order valence-electron chi connectivity index (χ4n) is 2.34. The molecule has 1 aliphatic heterocycles. The lowest BCUT2D eigenvalue weighted by Gasteiger charge is -2.34. The van der Waals surface area contributed by atoms with Gasteiger partial charge in [-0.25, -0.2) is 12.8 Å². The number of morpholine rings is 1. The van der Waals surface area contributed by atoms with Crippen molar-refractivity contribution in [2.45, 2.75) is 37.5 Å². The van der Waals surface area contributed by atoms with Crippen LogP contribution in [0.3, 0.4) is 0 Å². The van der Waals surface area contributed by atoms with E-state index < -0.39 is 15.8 Å². The first-order valence-electron chi connectivity index (χ1n) is 6.48. The third-order valence-corrected chi connectivity index (χ3v) is 5.08. The highest BCUT2D eigenvalue weighted by Gasteiger charge is 2.33. The van der Waals surface area contributed by atoms with E-state index in [2.05, 4.69) is 0 Å². The minimum Gasteiger partial charge on any atom is -0.373 e. The SMILES string of the molecule is CC1CN(S(=O)(=O)c2cc(CN)ccc2F)CC(C)O1. The average Bonchev–Trinajstić information content (AvgIpc) is 2.38. The van der Waals surface area contributed by atoms with Gasteiger partial charge in [-0.05, 0) is 31.5 Å². The summed E-state index contributed by atoms with van der Waals surface area (Å²) in [7, 11) is -3.87. The van der Waals surface area contributed by atoms with Crippen LogP contribution in [0.1, 0.15) is 19.4 Å². The summed E-state index contributed by atoms with van der Waals surface area (Å²) in [6, 6.07) is 3.93. The van der Waals surface area contributed by atoms with Crippen LogP contribution >= 0.6 is 0 Å². The molecule has 1 fully saturated rings. The van der Waals surface area contributed by atoms with E-state index in [1.807, 2.05) is 0 Å².